The van der Waals surface area contributed by atoms with Gasteiger partial charge in [-0.3, -0.25) is 9.59 Å². The number of carbonyl (C=O) groups excluding carboxylic acids is 2. The minimum Gasteiger partial charge on any atom is -0.466 e. The molecule has 0 unspecified atom stereocenters. The van der Waals surface area contributed by atoms with Crippen molar-refractivity contribution in [3.63, 3.8) is 0 Å². The average Bonchev–Trinajstić information content (AvgIpc) is 2.66. The van der Waals surface area contributed by atoms with Crippen LogP contribution in [0.25, 0.3) is 0 Å². The van der Waals surface area contributed by atoms with Gasteiger partial charge in [-0.25, -0.2) is 0 Å². The summed E-state index contributed by atoms with van der Waals surface area (Å²) in [5.74, 6) is -0.732. The van der Waals surface area contributed by atoms with Gasteiger partial charge in [0, 0.05) is 0 Å². The summed E-state index contributed by atoms with van der Waals surface area (Å²) in [6.07, 6.45) is 15.4. The molecule has 4 heteroatoms. The molecule has 0 aromatic carbocycles. The van der Waals surface area contributed by atoms with Gasteiger partial charge in [0.2, 0.25) is 0 Å². The molecular formula is C26H42O4. The predicted molar refractivity (Wildman–Crippen MR) is 125 cm³/mol. The molecule has 0 fully saturated rings. The summed E-state index contributed by atoms with van der Waals surface area (Å²) in [5, 5.41) is 0. The number of ether oxygens (including phenoxy) is 2. The van der Waals surface area contributed by atoms with Crippen molar-refractivity contribution in [1.82, 2.24) is 0 Å². The Morgan fingerprint density at radius 1 is 0.600 bits per heavy atom. The van der Waals surface area contributed by atoms with Crippen LogP contribution in [0.1, 0.15) is 92.9 Å². The molecule has 0 heterocycles. The first kappa shape index (κ1) is 27.9. The van der Waals surface area contributed by atoms with Crippen molar-refractivity contribution in [3.8, 4) is 0 Å². The first-order valence-corrected chi connectivity index (χ1v) is 11.2. The molecule has 0 aliphatic rings. The van der Waals surface area contributed by atoms with Gasteiger partial charge in [-0.05, 0) is 86.1 Å². The molecule has 0 spiro atoms. The smallest absolute Gasteiger partial charge is 0.306 e. The van der Waals surface area contributed by atoms with E-state index < -0.39 is 0 Å². The Balaban J connectivity index is 4.01. The third-order valence-electron chi connectivity index (χ3n) is 4.67. The number of rotatable bonds is 15. The Morgan fingerprint density at radius 3 is 1.50 bits per heavy atom. The Morgan fingerprint density at radius 2 is 1.03 bits per heavy atom. The molecule has 0 saturated carbocycles. The topological polar surface area (TPSA) is 52.6 Å². The van der Waals surface area contributed by atoms with E-state index in [1.807, 2.05) is 13.0 Å². The summed E-state index contributed by atoms with van der Waals surface area (Å²) in [5.41, 5.74) is 5.47. The van der Waals surface area contributed by atoms with E-state index in [9.17, 15) is 9.59 Å². The lowest BCUT2D eigenvalue weighted by atomic mass is 10.0. The highest BCUT2D eigenvalue weighted by Crippen LogP contribution is 2.13. The molecule has 30 heavy (non-hydrogen) atoms. The van der Waals surface area contributed by atoms with Crippen LogP contribution in [0, 0.1) is 0 Å². The largest absolute Gasteiger partial charge is 0.466 e. The van der Waals surface area contributed by atoms with E-state index >= 15 is 0 Å². The van der Waals surface area contributed by atoms with Gasteiger partial charge in [-0.2, -0.15) is 0 Å². The van der Waals surface area contributed by atoms with Crippen LogP contribution in [0.15, 0.2) is 46.6 Å². The maximum absolute atomic E-state index is 11.6. The number of allylic oxidation sites excluding steroid dienone is 7. The van der Waals surface area contributed by atoms with Crippen LogP contribution in [-0.4, -0.2) is 25.2 Å². The number of hydrogen-bond acceptors (Lipinski definition) is 4. The Labute approximate surface area is 184 Å². The zero-order valence-corrected chi connectivity index (χ0v) is 20.0. The van der Waals surface area contributed by atoms with Crippen LogP contribution in [0.3, 0.4) is 0 Å². The van der Waals surface area contributed by atoms with Gasteiger partial charge in [0.1, 0.15) is 6.61 Å². The van der Waals surface area contributed by atoms with Crippen LogP contribution in [0.5, 0.6) is 0 Å². The van der Waals surface area contributed by atoms with Crippen LogP contribution >= 0.6 is 0 Å². The fourth-order valence-corrected chi connectivity index (χ4v) is 2.77. The molecule has 0 aromatic heterocycles. The van der Waals surface area contributed by atoms with Gasteiger partial charge in [0.15, 0.2) is 0 Å². The minimum absolute atomic E-state index is 0.0660. The lowest BCUT2D eigenvalue weighted by Gasteiger charge is -2.04. The lowest BCUT2D eigenvalue weighted by Crippen LogP contribution is -2.10. The standard InChI is InChI=1S/C26H42O4/c1-7-29-25(27)17-18-26(28)30-20-19-24(6)16-10-15-23(5)14-9-13-22(4)12-8-11-21(2)3/h11,13,15,19H,7-10,12,14,16-18,20H2,1-6H3/b22-13+,23-15+,24-19+. The quantitative estimate of drug-likeness (QED) is 0.212. The van der Waals surface area contributed by atoms with Crippen LogP contribution < -0.4 is 0 Å². The second-order valence-electron chi connectivity index (χ2n) is 8.04. The van der Waals surface area contributed by atoms with Crippen molar-refractivity contribution in [2.45, 2.75) is 92.9 Å². The normalized spacial score (nSPS) is 12.5. The molecule has 4 nitrogen and oxygen atoms in total. The minimum atomic E-state index is -0.368. The van der Waals surface area contributed by atoms with Crippen molar-refractivity contribution < 1.29 is 19.1 Å². The molecule has 0 aliphatic carbocycles. The van der Waals surface area contributed by atoms with Gasteiger partial charge in [-0.15, -0.1) is 0 Å². The van der Waals surface area contributed by atoms with Crippen molar-refractivity contribution in [3.05, 3.63) is 46.6 Å². The van der Waals surface area contributed by atoms with E-state index in [1.54, 1.807) is 6.92 Å². The summed E-state index contributed by atoms with van der Waals surface area (Å²) in [4.78, 5) is 22.8. The van der Waals surface area contributed by atoms with Crippen molar-refractivity contribution in [2.75, 3.05) is 13.2 Å². The number of esters is 2. The van der Waals surface area contributed by atoms with E-state index in [-0.39, 0.29) is 31.4 Å². The molecule has 0 bridgehead atoms. The first-order chi connectivity index (χ1) is 14.2. The van der Waals surface area contributed by atoms with Gasteiger partial charge in [-0.1, -0.05) is 40.5 Å². The molecular weight excluding hydrogens is 376 g/mol. The zero-order chi connectivity index (χ0) is 22.8. The fraction of sp³-hybridized carbons (Fsp3) is 0.615. The fourth-order valence-electron chi connectivity index (χ4n) is 2.77. The predicted octanol–water partition coefficient (Wildman–Crippen LogP) is 7.02. The molecule has 0 aliphatic heterocycles. The monoisotopic (exact) mass is 418 g/mol. The lowest BCUT2D eigenvalue weighted by molar-refractivity contribution is -0.149. The van der Waals surface area contributed by atoms with E-state index in [4.69, 9.17) is 9.47 Å². The van der Waals surface area contributed by atoms with Crippen molar-refractivity contribution in [2.24, 2.45) is 0 Å². The van der Waals surface area contributed by atoms with Crippen LogP contribution in [0.4, 0.5) is 0 Å². The van der Waals surface area contributed by atoms with Crippen molar-refractivity contribution >= 4 is 11.9 Å². The Hall–Kier alpha value is -2.10. The summed E-state index contributed by atoms with van der Waals surface area (Å²) in [6, 6.07) is 0. The Bertz CT molecular complexity index is 631. The maximum Gasteiger partial charge on any atom is 0.306 e. The Kier molecular flexibility index (Phi) is 16.5. The molecule has 0 saturated heterocycles. The van der Waals surface area contributed by atoms with Gasteiger partial charge in [0.05, 0.1) is 19.4 Å². The average molecular weight is 419 g/mol. The number of carbonyl (C=O) groups is 2. The van der Waals surface area contributed by atoms with Crippen molar-refractivity contribution in [1.29, 1.82) is 0 Å². The van der Waals surface area contributed by atoms with E-state index in [1.165, 1.54) is 22.3 Å². The van der Waals surface area contributed by atoms with Gasteiger partial charge in [0.25, 0.3) is 0 Å². The SMILES string of the molecule is CCOC(=O)CCC(=O)OC/C=C(\C)CC/C=C(\C)CC/C=C(\C)CCC=C(C)C. The summed E-state index contributed by atoms with van der Waals surface area (Å²) >= 11 is 0. The number of hydrogen-bond donors (Lipinski definition) is 0. The molecule has 170 valence electrons. The highest BCUT2D eigenvalue weighted by molar-refractivity contribution is 5.77. The van der Waals surface area contributed by atoms with E-state index in [2.05, 4.69) is 45.9 Å². The first-order valence-electron chi connectivity index (χ1n) is 11.2. The third kappa shape index (κ3) is 18.0. The highest BCUT2D eigenvalue weighted by atomic mass is 16.5. The van der Waals surface area contributed by atoms with Crippen LogP contribution in [-0.2, 0) is 19.1 Å². The van der Waals surface area contributed by atoms with Crippen LogP contribution in [0.2, 0.25) is 0 Å². The van der Waals surface area contributed by atoms with Gasteiger partial charge < -0.3 is 9.47 Å². The second-order valence-corrected chi connectivity index (χ2v) is 8.04. The molecule has 0 amide bonds. The van der Waals surface area contributed by atoms with E-state index in [0.29, 0.717) is 6.61 Å². The maximum atomic E-state index is 11.6. The summed E-state index contributed by atoms with van der Waals surface area (Å²) in [7, 11) is 0. The molecule has 0 atom stereocenters. The molecule has 0 rings (SSSR count). The summed E-state index contributed by atoms with van der Waals surface area (Å²) < 4.78 is 9.93. The van der Waals surface area contributed by atoms with Gasteiger partial charge >= 0.3 is 11.9 Å². The molecule has 0 radical (unpaired) electrons. The third-order valence-corrected chi connectivity index (χ3v) is 4.67. The molecule has 0 N–H and O–H groups in total. The molecule has 0 aromatic rings. The summed E-state index contributed by atoms with van der Waals surface area (Å²) in [6.45, 7) is 13.1. The van der Waals surface area contributed by atoms with E-state index in [0.717, 1.165) is 38.5 Å². The second kappa shape index (κ2) is 17.7. The zero-order valence-electron chi connectivity index (χ0n) is 20.0. The highest BCUT2D eigenvalue weighted by Gasteiger charge is 2.07.